The van der Waals surface area contributed by atoms with Gasteiger partial charge in [-0.1, -0.05) is 23.7 Å². The molecular weight excluding hydrogens is 308 g/mol. The minimum absolute atomic E-state index is 0.500. The van der Waals surface area contributed by atoms with Crippen molar-refractivity contribution < 1.29 is 14.6 Å². The molecule has 0 aliphatic rings. The standard InChI is InChI=1S/C16H17ClO3S/c1-19-12-7-11(8-13(9-12)20-2)15(18)10-21-16-6-4-3-5-14(16)17/h3-9,15,18H,10H2,1-2H3. The number of hydrogen-bond donors (Lipinski definition) is 1. The van der Waals surface area contributed by atoms with Gasteiger partial charge in [0.05, 0.1) is 25.3 Å². The molecular formula is C16H17ClO3S. The molecule has 2 aromatic carbocycles. The number of rotatable bonds is 6. The van der Waals surface area contributed by atoms with Crippen LogP contribution in [0.1, 0.15) is 11.7 Å². The maximum absolute atomic E-state index is 10.3. The SMILES string of the molecule is COc1cc(OC)cc(C(O)CSc2ccccc2Cl)c1. The van der Waals surface area contributed by atoms with Gasteiger partial charge in [0.15, 0.2) is 0 Å². The van der Waals surface area contributed by atoms with E-state index in [4.69, 9.17) is 21.1 Å². The van der Waals surface area contributed by atoms with E-state index in [2.05, 4.69) is 0 Å². The fourth-order valence-electron chi connectivity index (χ4n) is 1.85. The van der Waals surface area contributed by atoms with Crippen LogP contribution in [0, 0.1) is 0 Å². The predicted octanol–water partition coefficient (Wildman–Crippen LogP) is 4.18. The molecule has 0 aliphatic carbocycles. The van der Waals surface area contributed by atoms with Crippen molar-refractivity contribution in [3.05, 3.63) is 53.1 Å². The van der Waals surface area contributed by atoms with E-state index in [0.717, 1.165) is 10.5 Å². The molecule has 0 saturated carbocycles. The first-order valence-corrected chi connectivity index (χ1v) is 7.78. The summed E-state index contributed by atoms with van der Waals surface area (Å²) in [6.07, 6.45) is -0.629. The van der Waals surface area contributed by atoms with Gasteiger partial charge < -0.3 is 14.6 Å². The van der Waals surface area contributed by atoms with E-state index >= 15 is 0 Å². The summed E-state index contributed by atoms with van der Waals surface area (Å²) in [6.45, 7) is 0. The highest BCUT2D eigenvalue weighted by atomic mass is 35.5. The molecule has 112 valence electrons. The van der Waals surface area contributed by atoms with Crippen molar-refractivity contribution in [3.63, 3.8) is 0 Å². The first-order valence-electron chi connectivity index (χ1n) is 6.42. The zero-order chi connectivity index (χ0) is 15.2. The maximum Gasteiger partial charge on any atom is 0.122 e. The number of methoxy groups -OCH3 is 2. The third-order valence-electron chi connectivity index (χ3n) is 2.99. The number of ether oxygens (including phenoxy) is 2. The van der Waals surface area contributed by atoms with Gasteiger partial charge in [0.1, 0.15) is 11.5 Å². The molecule has 0 spiro atoms. The number of halogens is 1. The third-order valence-corrected chi connectivity index (χ3v) is 4.58. The van der Waals surface area contributed by atoms with Gasteiger partial charge in [-0.3, -0.25) is 0 Å². The first kappa shape index (κ1) is 16.0. The Bertz CT molecular complexity index is 582. The molecule has 2 rings (SSSR count). The van der Waals surface area contributed by atoms with E-state index < -0.39 is 6.10 Å². The van der Waals surface area contributed by atoms with Crippen LogP contribution in [0.25, 0.3) is 0 Å². The molecule has 2 aromatic rings. The minimum Gasteiger partial charge on any atom is -0.497 e. The van der Waals surface area contributed by atoms with Gasteiger partial charge in [0.2, 0.25) is 0 Å². The number of benzene rings is 2. The van der Waals surface area contributed by atoms with Gasteiger partial charge in [0.25, 0.3) is 0 Å². The Balaban J connectivity index is 2.09. The van der Waals surface area contributed by atoms with Crippen molar-refractivity contribution in [3.8, 4) is 11.5 Å². The highest BCUT2D eigenvalue weighted by molar-refractivity contribution is 7.99. The van der Waals surface area contributed by atoms with Crippen LogP contribution < -0.4 is 9.47 Å². The van der Waals surface area contributed by atoms with Crippen LogP contribution in [0.3, 0.4) is 0 Å². The van der Waals surface area contributed by atoms with Crippen molar-refractivity contribution in [1.82, 2.24) is 0 Å². The van der Waals surface area contributed by atoms with E-state index in [0.29, 0.717) is 22.3 Å². The number of aliphatic hydroxyl groups excluding tert-OH is 1. The van der Waals surface area contributed by atoms with E-state index in [1.54, 1.807) is 32.4 Å². The highest BCUT2D eigenvalue weighted by Crippen LogP contribution is 2.32. The molecule has 0 aliphatic heterocycles. The maximum atomic E-state index is 10.3. The Hall–Kier alpha value is -1.36. The molecule has 0 fully saturated rings. The van der Waals surface area contributed by atoms with Crippen molar-refractivity contribution in [2.24, 2.45) is 0 Å². The van der Waals surface area contributed by atoms with Crippen LogP contribution in [-0.4, -0.2) is 25.1 Å². The molecule has 0 heterocycles. The Labute approximate surface area is 133 Å². The van der Waals surface area contributed by atoms with Crippen molar-refractivity contribution >= 4 is 23.4 Å². The first-order chi connectivity index (χ1) is 10.1. The lowest BCUT2D eigenvalue weighted by Crippen LogP contribution is -2.02. The third kappa shape index (κ3) is 4.30. The van der Waals surface area contributed by atoms with E-state index in [9.17, 15) is 5.11 Å². The topological polar surface area (TPSA) is 38.7 Å². The summed E-state index contributed by atoms with van der Waals surface area (Å²) in [5.41, 5.74) is 0.755. The van der Waals surface area contributed by atoms with Gasteiger partial charge in [-0.05, 0) is 29.8 Å². The number of hydrogen-bond acceptors (Lipinski definition) is 4. The Morgan fingerprint density at radius 3 is 2.29 bits per heavy atom. The van der Waals surface area contributed by atoms with Crippen LogP contribution in [-0.2, 0) is 0 Å². The average molecular weight is 325 g/mol. The molecule has 0 amide bonds. The minimum atomic E-state index is -0.629. The van der Waals surface area contributed by atoms with Crippen molar-refractivity contribution in [2.45, 2.75) is 11.0 Å². The summed E-state index contributed by atoms with van der Waals surface area (Å²) in [4.78, 5) is 0.952. The monoisotopic (exact) mass is 324 g/mol. The van der Waals surface area contributed by atoms with Crippen LogP contribution in [0.4, 0.5) is 0 Å². The molecule has 5 heteroatoms. The van der Waals surface area contributed by atoms with Gasteiger partial charge in [0, 0.05) is 16.7 Å². The summed E-state index contributed by atoms with van der Waals surface area (Å²) >= 11 is 7.62. The van der Waals surface area contributed by atoms with Gasteiger partial charge in [-0.25, -0.2) is 0 Å². The molecule has 1 atom stereocenters. The Morgan fingerprint density at radius 1 is 1.10 bits per heavy atom. The lowest BCUT2D eigenvalue weighted by Gasteiger charge is -2.14. The molecule has 1 unspecified atom stereocenters. The average Bonchev–Trinajstić information content (AvgIpc) is 2.53. The fourth-order valence-corrected chi connectivity index (χ4v) is 3.06. The molecule has 0 saturated heterocycles. The van der Waals surface area contributed by atoms with E-state index in [1.165, 1.54) is 11.8 Å². The lowest BCUT2D eigenvalue weighted by atomic mass is 10.1. The van der Waals surface area contributed by atoms with Crippen LogP contribution in [0.15, 0.2) is 47.4 Å². The van der Waals surface area contributed by atoms with Crippen molar-refractivity contribution in [2.75, 3.05) is 20.0 Å². The van der Waals surface area contributed by atoms with E-state index in [1.807, 2.05) is 24.3 Å². The van der Waals surface area contributed by atoms with Crippen LogP contribution in [0.2, 0.25) is 5.02 Å². The largest absolute Gasteiger partial charge is 0.497 e. The molecule has 0 bridgehead atoms. The lowest BCUT2D eigenvalue weighted by molar-refractivity contribution is 0.203. The summed E-state index contributed by atoms with van der Waals surface area (Å²) in [7, 11) is 3.17. The van der Waals surface area contributed by atoms with Crippen LogP contribution >= 0.6 is 23.4 Å². The van der Waals surface area contributed by atoms with Gasteiger partial charge >= 0.3 is 0 Å². The molecule has 21 heavy (non-hydrogen) atoms. The van der Waals surface area contributed by atoms with Crippen LogP contribution in [0.5, 0.6) is 11.5 Å². The second kappa shape index (κ2) is 7.59. The zero-order valence-electron chi connectivity index (χ0n) is 11.9. The van der Waals surface area contributed by atoms with Crippen molar-refractivity contribution in [1.29, 1.82) is 0 Å². The molecule has 1 N–H and O–H groups in total. The predicted molar refractivity (Wildman–Crippen MR) is 86.7 cm³/mol. The normalized spacial score (nSPS) is 12.0. The van der Waals surface area contributed by atoms with Gasteiger partial charge in [-0.15, -0.1) is 11.8 Å². The number of thioether (sulfide) groups is 1. The fraction of sp³-hybridized carbons (Fsp3) is 0.250. The highest BCUT2D eigenvalue weighted by Gasteiger charge is 2.12. The number of aliphatic hydroxyl groups is 1. The second-order valence-corrected chi connectivity index (χ2v) is 5.87. The Kier molecular flexibility index (Phi) is 5.79. The summed E-state index contributed by atoms with van der Waals surface area (Å²) in [5.74, 6) is 1.82. The Morgan fingerprint density at radius 2 is 1.71 bits per heavy atom. The summed E-state index contributed by atoms with van der Waals surface area (Å²) in [6, 6.07) is 13.0. The quantitative estimate of drug-likeness (QED) is 0.809. The molecule has 0 aromatic heterocycles. The molecule has 0 radical (unpaired) electrons. The summed E-state index contributed by atoms with van der Waals surface area (Å²) in [5, 5.41) is 11.0. The second-order valence-electron chi connectivity index (χ2n) is 4.40. The van der Waals surface area contributed by atoms with E-state index in [-0.39, 0.29) is 0 Å². The smallest absolute Gasteiger partial charge is 0.122 e. The zero-order valence-corrected chi connectivity index (χ0v) is 13.4. The molecule has 3 nitrogen and oxygen atoms in total. The van der Waals surface area contributed by atoms with Gasteiger partial charge in [-0.2, -0.15) is 0 Å². The summed E-state index contributed by atoms with van der Waals surface area (Å²) < 4.78 is 10.4.